The number of terminal acetylenes is 1. The summed E-state index contributed by atoms with van der Waals surface area (Å²) in [7, 11) is 0. The summed E-state index contributed by atoms with van der Waals surface area (Å²) >= 11 is 6.19. The van der Waals surface area contributed by atoms with Crippen molar-refractivity contribution in [2.24, 2.45) is 5.92 Å². The second-order valence-electron chi connectivity index (χ2n) is 7.57. The van der Waals surface area contributed by atoms with E-state index in [9.17, 15) is 0 Å². The molecule has 1 aliphatic heterocycles. The summed E-state index contributed by atoms with van der Waals surface area (Å²) in [6.07, 6.45) is 15.4. The molecule has 0 aromatic heterocycles. The van der Waals surface area contributed by atoms with E-state index in [2.05, 4.69) is 21.7 Å². The van der Waals surface area contributed by atoms with Gasteiger partial charge in [-0.2, -0.15) is 0 Å². The Bertz CT molecular complexity index is 423. The van der Waals surface area contributed by atoms with Gasteiger partial charge in [-0.15, -0.1) is 18.0 Å². The van der Waals surface area contributed by atoms with Gasteiger partial charge < -0.3 is 9.47 Å². The Morgan fingerprint density at radius 3 is 2.36 bits per heavy atom. The number of rotatable bonds is 7. The summed E-state index contributed by atoms with van der Waals surface area (Å²) in [6.45, 7) is 2.96. The first-order chi connectivity index (χ1) is 12.2. The molecule has 3 aliphatic rings. The van der Waals surface area contributed by atoms with Crippen LogP contribution in [0.25, 0.3) is 0 Å². The summed E-state index contributed by atoms with van der Waals surface area (Å²) in [4.78, 5) is 0. The highest BCUT2D eigenvalue weighted by molar-refractivity contribution is 6.20. The van der Waals surface area contributed by atoms with Crippen LogP contribution in [0.3, 0.4) is 0 Å². The van der Waals surface area contributed by atoms with Crippen LogP contribution in [0, 0.1) is 18.3 Å². The zero-order chi connectivity index (χ0) is 17.5. The Kier molecular flexibility index (Phi) is 7.85. The summed E-state index contributed by atoms with van der Waals surface area (Å²) in [5.74, 6) is 3.18. The number of alkyl halides is 1. The SMILES string of the molecule is C#CCOC(CN1CNCN1)C1CCC(OC2CCC(Cl)CC2)CC1. The Morgan fingerprint density at radius 2 is 1.76 bits per heavy atom. The number of nitrogens with zero attached hydrogens (tertiary/aromatic N) is 1. The molecule has 0 aromatic carbocycles. The smallest absolute Gasteiger partial charge is 0.107 e. The van der Waals surface area contributed by atoms with Crippen molar-refractivity contribution in [1.82, 2.24) is 15.8 Å². The van der Waals surface area contributed by atoms with E-state index in [1.165, 1.54) is 0 Å². The van der Waals surface area contributed by atoms with Crippen molar-refractivity contribution in [2.45, 2.75) is 75.1 Å². The maximum absolute atomic E-state index is 6.36. The van der Waals surface area contributed by atoms with E-state index < -0.39 is 0 Å². The van der Waals surface area contributed by atoms with Crippen molar-refractivity contribution in [3.05, 3.63) is 0 Å². The quantitative estimate of drug-likeness (QED) is 0.533. The van der Waals surface area contributed by atoms with Gasteiger partial charge in [0.2, 0.25) is 0 Å². The van der Waals surface area contributed by atoms with E-state index in [1.54, 1.807) is 0 Å². The van der Waals surface area contributed by atoms with E-state index in [0.29, 0.717) is 30.1 Å². The van der Waals surface area contributed by atoms with Gasteiger partial charge in [-0.3, -0.25) is 5.32 Å². The molecular weight excluding hydrogens is 338 g/mol. The zero-order valence-corrected chi connectivity index (χ0v) is 15.8. The fourth-order valence-electron chi connectivity index (χ4n) is 4.28. The Labute approximate surface area is 157 Å². The monoisotopic (exact) mass is 369 g/mol. The number of ether oxygens (including phenoxy) is 2. The lowest BCUT2D eigenvalue weighted by Crippen LogP contribution is -2.43. The maximum atomic E-state index is 6.36. The first-order valence-electron chi connectivity index (χ1n) is 9.78. The second-order valence-corrected chi connectivity index (χ2v) is 8.18. The molecule has 1 atom stereocenters. The lowest BCUT2D eigenvalue weighted by molar-refractivity contribution is -0.0700. The predicted octanol–water partition coefficient (Wildman–Crippen LogP) is 2.46. The minimum Gasteiger partial charge on any atom is -0.375 e. The molecular formula is C19H32ClN3O2. The van der Waals surface area contributed by atoms with Gasteiger partial charge in [0.25, 0.3) is 0 Å². The van der Waals surface area contributed by atoms with Crippen LogP contribution in [-0.2, 0) is 9.47 Å². The molecule has 5 nitrogen and oxygen atoms in total. The van der Waals surface area contributed by atoms with Crippen LogP contribution in [0.15, 0.2) is 0 Å². The molecule has 0 aromatic rings. The first-order valence-corrected chi connectivity index (χ1v) is 10.2. The van der Waals surface area contributed by atoms with Crippen LogP contribution in [0.1, 0.15) is 51.4 Å². The molecule has 142 valence electrons. The van der Waals surface area contributed by atoms with Crippen LogP contribution in [0.5, 0.6) is 0 Å². The number of halogens is 1. The number of nitrogens with one attached hydrogen (secondary N) is 2. The third-order valence-corrected chi connectivity index (χ3v) is 6.18. The molecule has 6 heteroatoms. The molecule has 2 saturated carbocycles. The van der Waals surface area contributed by atoms with Gasteiger partial charge in [0.1, 0.15) is 6.61 Å². The number of hydrogen-bond acceptors (Lipinski definition) is 5. The Balaban J connectivity index is 1.42. The molecule has 0 amide bonds. The highest BCUT2D eigenvalue weighted by Gasteiger charge is 2.32. The van der Waals surface area contributed by atoms with Crippen molar-refractivity contribution < 1.29 is 9.47 Å². The summed E-state index contributed by atoms with van der Waals surface area (Å²) in [5.41, 5.74) is 3.32. The van der Waals surface area contributed by atoms with Gasteiger partial charge in [0, 0.05) is 11.9 Å². The lowest BCUT2D eigenvalue weighted by atomic mass is 9.83. The topological polar surface area (TPSA) is 45.8 Å². The minimum absolute atomic E-state index is 0.191. The Morgan fingerprint density at radius 1 is 1.08 bits per heavy atom. The molecule has 25 heavy (non-hydrogen) atoms. The molecule has 0 bridgehead atoms. The van der Waals surface area contributed by atoms with Crippen LogP contribution >= 0.6 is 11.6 Å². The fraction of sp³-hybridized carbons (Fsp3) is 0.895. The average molecular weight is 370 g/mol. The minimum atomic E-state index is 0.191. The maximum Gasteiger partial charge on any atom is 0.107 e. The van der Waals surface area contributed by atoms with Gasteiger partial charge in [0.05, 0.1) is 31.6 Å². The standard InChI is InChI=1S/C19H32ClN3O2/c1-2-11-24-19(12-23-14-21-13-22-23)15-3-7-17(8-4-15)25-18-9-5-16(20)6-10-18/h1,15-19,21-22H,3-14H2. The first kappa shape index (κ1) is 19.4. The molecule has 1 heterocycles. The van der Waals surface area contributed by atoms with Crippen LogP contribution < -0.4 is 10.7 Å². The van der Waals surface area contributed by atoms with Gasteiger partial charge in [0.15, 0.2) is 0 Å². The molecule has 1 saturated heterocycles. The van der Waals surface area contributed by atoms with Crippen molar-refractivity contribution in [2.75, 3.05) is 26.5 Å². The summed E-state index contributed by atoms with van der Waals surface area (Å²) in [6, 6.07) is 0. The normalized spacial score (nSPS) is 35.4. The van der Waals surface area contributed by atoms with Crippen molar-refractivity contribution in [1.29, 1.82) is 0 Å². The highest BCUT2D eigenvalue weighted by Crippen LogP contribution is 2.33. The van der Waals surface area contributed by atoms with Crippen molar-refractivity contribution >= 4 is 11.6 Å². The van der Waals surface area contributed by atoms with E-state index in [1.807, 2.05) is 0 Å². The summed E-state index contributed by atoms with van der Waals surface area (Å²) < 4.78 is 12.3. The predicted molar refractivity (Wildman–Crippen MR) is 100 cm³/mol. The summed E-state index contributed by atoms with van der Waals surface area (Å²) in [5, 5.41) is 5.83. The molecule has 0 radical (unpaired) electrons. The van der Waals surface area contributed by atoms with Gasteiger partial charge in [-0.05, 0) is 57.3 Å². The fourth-order valence-corrected chi connectivity index (χ4v) is 4.53. The van der Waals surface area contributed by atoms with Crippen LogP contribution in [-0.4, -0.2) is 55.2 Å². The molecule has 3 rings (SSSR count). The molecule has 2 aliphatic carbocycles. The number of hydrazine groups is 1. The van der Waals surface area contributed by atoms with Crippen LogP contribution in [0.2, 0.25) is 0 Å². The Hall–Kier alpha value is -0.350. The lowest BCUT2D eigenvalue weighted by Gasteiger charge is -2.37. The molecule has 3 fully saturated rings. The largest absolute Gasteiger partial charge is 0.375 e. The molecule has 1 unspecified atom stereocenters. The molecule has 2 N–H and O–H groups in total. The molecule has 0 spiro atoms. The zero-order valence-electron chi connectivity index (χ0n) is 15.1. The third-order valence-electron chi connectivity index (χ3n) is 5.74. The third kappa shape index (κ3) is 6.09. The number of hydrogen-bond donors (Lipinski definition) is 2. The van der Waals surface area contributed by atoms with E-state index >= 15 is 0 Å². The average Bonchev–Trinajstić information content (AvgIpc) is 3.14. The van der Waals surface area contributed by atoms with Crippen molar-refractivity contribution in [3.8, 4) is 12.3 Å². The van der Waals surface area contributed by atoms with Crippen LogP contribution in [0.4, 0.5) is 0 Å². The highest BCUT2D eigenvalue weighted by atomic mass is 35.5. The van der Waals surface area contributed by atoms with E-state index in [0.717, 1.165) is 71.2 Å². The van der Waals surface area contributed by atoms with Gasteiger partial charge in [-0.1, -0.05) is 5.92 Å². The van der Waals surface area contributed by atoms with E-state index in [4.69, 9.17) is 27.5 Å². The van der Waals surface area contributed by atoms with Gasteiger partial charge >= 0.3 is 0 Å². The second kappa shape index (κ2) is 10.1. The van der Waals surface area contributed by atoms with Crippen molar-refractivity contribution in [3.63, 3.8) is 0 Å². The van der Waals surface area contributed by atoms with E-state index in [-0.39, 0.29) is 6.10 Å². The van der Waals surface area contributed by atoms with Gasteiger partial charge in [-0.25, -0.2) is 10.4 Å².